The van der Waals surface area contributed by atoms with Crippen molar-refractivity contribution in [2.24, 2.45) is 11.8 Å². The molecule has 0 spiro atoms. The number of thiophene rings is 1. The number of nitrogens with zero attached hydrogens (tertiary/aromatic N) is 4. The van der Waals surface area contributed by atoms with Gasteiger partial charge in [0.25, 0.3) is 5.91 Å². The van der Waals surface area contributed by atoms with Gasteiger partial charge >= 0.3 is 0 Å². The predicted molar refractivity (Wildman–Crippen MR) is 141 cm³/mol. The minimum atomic E-state index is -0.0225. The second-order valence-electron chi connectivity index (χ2n) is 10.4. The lowest BCUT2D eigenvalue weighted by molar-refractivity contribution is -0.119. The van der Waals surface area contributed by atoms with Gasteiger partial charge in [0.1, 0.15) is 12.1 Å². The highest BCUT2D eigenvalue weighted by atomic mass is 32.1. The number of hydrogen-bond donors (Lipinski definition) is 2. The third kappa shape index (κ3) is 5.12. The lowest BCUT2D eigenvalue weighted by Gasteiger charge is -2.25. The first kappa shape index (κ1) is 24.1. The van der Waals surface area contributed by atoms with Crippen molar-refractivity contribution in [2.45, 2.75) is 64.3 Å². The van der Waals surface area contributed by atoms with E-state index in [9.17, 15) is 9.59 Å². The van der Waals surface area contributed by atoms with Crippen LogP contribution >= 0.6 is 11.3 Å². The van der Waals surface area contributed by atoms with Gasteiger partial charge in [0.05, 0.1) is 24.1 Å². The molecule has 3 aliphatic carbocycles. The van der Waals surface area contributed by atoms with Crippen LogP contribution < -0.4 is 15.4 Å². The molecule has 1 atom stereocenters. The number of pyridine rings is 1. The summed E-state index contributed by atoms with van der Waals surface area (Å²) in [7, 11) is 1.60. The largest absolute Gasteiger partial charge is 0.481 e. The van der Waals surface area contributed by atoms with Crippen LogP contribution in [0, 0.1) is 18.8 Å². The maximum Gasteiger partial charge on any atom is 0.252 e. The fraction of sp³-hybridized carbons (Fsp3) is 0.519. The molecule has 3 aromatic heterocycles. The molecule has 37 heavy (non-hydrogen) atoms. The number of carbonyl (C=O) groups excluding carboxylic acids is 2. The van der Waals surface area contributed by atoms with Crippen LogP contribution in [0.25, 0.3) is 0 Å². The Bertz CT molecular complexity index is 1340. The number of ketones is 1. The summed E-state index contributed by atoms with van der Waals surface area (Å²) in [5.74, 6) is 2.25. The number of hydrogen-bond acceptors (Lipinski definition) is 8. The van der Waals surface area contributed by atoms with Crippen molar-refractivity contribution in [2.75, 3.05) is 19.0 Å². The molecule has 2 saturated carbocycles. The first-order valence-corrected chi connectivity index (χ1v) is 13.9. The minimum absolute atomic E-state index is 0.0225. The van der Waals surface area contributed by atoms with Crippen LogP contribution in [0.5, 0.6) is 5.88 Å². The molecular formula is C27H32N6O3S. The van der Waals surface area contributed by atoms with Crippen LogP contribution in [0.4, 0.5) is 11.6 Å². The highest BCUT2D eigenvalue weighted by Gasteiger charge is 2.35. The quantitative estimate of drug-likeness (QED) is 0.412. The van der Waals surface area contributed by atoms with Crippen molar-refractivity contribution in [1.29, 1.82) is 0 Å². The van der Waals surface area contributed by atoms with E-state index >= 15 is 0 Å². The van der Waals surface area contributed by atoms with E-state index in [4.69, 9.17) is 4.74 Å². The van der Waals surface area contributed by atoms with Gasteiger partial charge in [0.2, 0.25) is 11.8 Å². The molecule has 10 heteroatoms. The summed E-state index contributed by atoms with van der Waals surface area (Å²) in [5, 5.41) is 15.0. The molecule has 0 aliphatic heterocycles. The van der Waals surface area contributed by atoms with Crippen LogP contribution in [-0.4, -0.2) is 45.1 Å². The number of methoxy groups -OCH3 is 1. The number of rotatable bonds is 10. The van der Waals surface area contributed by atoms with E-state index in [2.05, 4.69) is 30.4 Å². The van der Waals surface area contributed by atoms with Crippen LogP contribution in [0.15, 0.2) is 18.5 Å². The van der Waals surface area contributed by atoms with Gasteiger partial charge in [-0.15, -0.1) is 21.5 Å². The van der Waals surface area contributed by atoms with E-state index < -0.39 is 0 Å². The third-order valence-corrected chi connectivity index (χ3v) is 8.92. The number of carbonyl (C=O) groups is 2. The van der Waals surface area contributed by atoms with E-state index in [1.807, 2.05) is 19.1 Å². The predicted octanol–water partition coefficient (Wildman–Crippen LogP) is 4.19. The van der Waals surface area contributed by atoms with Gasteiger partial charge in [-0.3, -0.25) is 14.2 Å². The Morgan fingerprint density at radius 3 is 2.76 bits per heavy atom. The number of fused-ring (bicyclic) bond motifs is 1. The van der Waals surface area contributed by atoms with Gasteiger partial charge in [-0.1, -0.05) is 0 Å². The van der Waals surface area contributed by atoms with Crippen molar-refractivity contribution in [1.82, 2.24) is 25.1 Å². The van der Waals surface area contributed by atoms with Gasteiger partial charge in [-0.05, 0) is 69.4 Å². The van der Waals surface area contributed by atoms with Crippen LogP contribution in [0.2, 0.25) is 0 Å². The Hall–Kier alpha value is -3.27. The Morgan fingerprint density at radius 1 is 1.19 bits per heavy atom. The number of ether oxygens (including phenoxy) is 1. The second-order valence-corrected chi connectivity index (χ2v) is 11.6. The monoisotopic (exact) mass is 520 g/mol. The summed E-state index contributed by atoms with van der Waals surface area (Å²) in [6.07, 6.45) is 8.97. The highest BCUT2D eigenvalue weighted by molar-refractivity contribution is 7.12. The summed E-state index contributed by atoms with van der Waals surface area (Å²) in [4.78, 5) is 32.7. The van der Waals surface area contributed by atoms with E-state index in [0.717, 1.165) is 59.6 Å². The molecule has 0 aromatic carbocycles. The smallest absolute Gasteiger partial charge is 0.252 e. The Labute approximate surface area is 220 Å². The number of amides is 1. The first-order chi connectivity index (χ1) is 18.0. The number of anilines is 2. The van der Waals surface area contributed by atoms with Crippen molar-refractivity contribution < 1.29 is 14.3 Å². The van der Waals surface area contributed by atoms with Crippen molar-refractivity contribution in [3.8, 4) is 5.88 Å². The summed E-state index contributed by atoms with van der Waals surface area (Å²) >= 11 is 1.67. The van der Waals surface area contributed by atoms with E-state index in [-0.39, 0.29) is 23.7 Å². The zero-order valence-electron chi connectivity index (χ0n) is 21.2. The molecule has 3 heterocycles. The topological polar surface area (TPSA) is 111 Å². The molecule has 0 radical (unpaired) electrons. The standard InChI is InChI=1S/C27H32N6O3S/c1-15-20(8-10-24(30-15)36-2)31-27-32-29-14-33(27)18-7-9-22-19(11-18)25(26(35)28-13-16-3-4-16)23(37-22)12-21(34)17-5-6-17/h8,10,14,16-18H,3-7,9,11-13H2,1-2H3,(H,28,35)(H,31,32)/t18-/m0/s1. The first-order valence-electron chi connectivity index (χ1n) is 13.1. The maximum atomic E-state index is 13.4. The molecule has 2 fully saturated rings. The molecule has 3 aliphatic rings. The summed E-state index contributed by atoms with van der Waals surface area (Å²) < 4.78 is 7.28. The number of aromatic nitrogens is 4. The van der Waals surface area contributed by atoms with Gasteiger partial charge in [0, 0.05) is 40.7 Å². The highest BCUT2D eigenvalue weighted by Crippen LogP contribution is 2.41. The lowest BCUT2D eigenvalue weighted by atomic mass is 9.90. The molecule has 6 rings (SSSR count). The average Bonchev–Trinajstić information content (AvgIpc) is 3.83. The van der Waals surface area contributed by atoms with E-state index in [0.29, 0.717) is 30.6 Å². The minimum Gasteiger partial charge on any atom is -0.481 e. The molecule has 0 unspecified atom stereocenters. The molecule has 0 saturated heterocycles. The van der Waals surface area contributed by atoms with Crippen molar-refractivity contribution in [3.63, 3.8) is 0 Å². The Balaban J connectivity index is 1.26. The van der Waals surface area contributed by atoms with E-state index in [1.54, 1.807) is 24.8 Å². The molecule has 9 nitrogen and oxygen atoms in total. The molecular weight excluding hydrogens is 488 g/mol. The Morgan fingerprint density at radius 2 is 2.03 bits per heavy atom. The lowest BCUT2D eigenvalue weighted by Crippen LogP contribution is -2.28. The SMILES string of the molecule is COc1ccc(Nc2nncn2[C@H]2CCc3sc(CC(=O)C4CC4)c(C(=O)NCC4CC4)c3C2)c(C)n1. The normalized spacial score (nSPS) is 18.8. The van der Waals surface area contributed by atoms with Gasteiger partial charge in [-0.2, -0.15) is 0 Å². The average molecular weight is 521 g/mol. The molecule has 0 bridgehead atoms. The summed E-state index contributed by atoms with van der Waals surface area (Å²) in [6, 6.07) is 3.84. The number of nitrogens with one attached hydrogen (secondary N) is 2. The van der Waals surface area contributed by atoms with Crippen LogP contribution in [0.3, 0.4) is 0 Å². The van der Waals surface area contributed by atoms with Gasteiger partial charge in [-0.25, -0.2) is 4.98 Å². The molecule has 194 valence electrons. The summed E-state index contributed by atoms with van der Waals surface area (Å²) in [5.41, 5.74) is 3.48. The maximum absolute atomic E-state index is 13.4. The zero-order valence-corrected chi connectivity index (χ0v) is 22.1. The van der Waals surface area contributed by atoms with Gasteiger partial charge < -0.3 is 15.4 Å². The number of Topliss-reactive ketones (excluding diaryl/α,β-unsaturated/α-hetero) is 1. The number of aryl methyl sites for hydroxylation is 2. The third-order valence-electron chi connectivity index (χ3n) is 7.63. The van der Waals surface area contributed by atoms with Gasteiger partial charge in [0.15, 0.2) is 0 Å². The van der Waals surface area contributed by atoms with Crippen molar-refractivity contribution in [3.05, 3.63) is 45.0 Å². The molecule has 3 aromatic rings. The fourth-order valence-corrected chi connectivity index (χ4v) is 6.46. The van der Waals surface area contributed by atoms with Crippen molar-refractivity contribution >= 4 is 34.7 Å². The molecule has 1 amide bonds. The van der Waals surface area contributed by atoms with Crippen LogP contribution in [0.1, 0.15) is 69.5 Å². The summed E-state index contributed by atoms with van der Waals surface area (Å²) in [6.45, 7) is 2.64. The van der Waals surface area contributed by atoms with E-state index in [1.165, 1.54) is 17.7 Å². The fourth-order valence-electron chi connectivity index (χ4n) is 5.11. The molecule has 2 N–H and O–H groups in total. The van der Waals surface area contributed by atoms with Crippen LogP contribution in [-0.2, 0) is 24.1 Å². The Kier molecular flexibility index (Phi) is 6.44. The zero-order chi connectivity index (χ0) is 25.5. The second kappa shape index (κ2) is 9.89.